The molecule has 3 aromatic rings. The second-order valence-electron chi connectivity index (χ2n) is 8.91. The van der Waals surface area contributed by atoms with Gasteiger partial charge in [-0.25, -0.2) is 4.98 Å². The number of aromatic nitrogens is 3. The molecule has 1 N–H and O–H groups in total. The average Bonchev–Trinajstić information content (AvgIpc) is 3.38. The number of nitrogens with one attached hydrogen (secondary N) is 1. The van der Waals surface area contributed by atoms with E-state index in [0.717, 1.165) is 68.1 Å². The molecule has 3 aromatic heterocycles. The first-order valence-electron chi connectivity index (χ1n) is 11.2. The third-order valence-corrected chi connectivity index (χ3v) is 6.90. The van der Waals surface area contributed by atoms with Gasteiger partial charge in [0.2, 0.25) is 5.91 Å². The molecule has 8 heteroatoms. The van der Waals surface area contributed by atoms with Gasteiger partial charge in [0, 0.05) is 25.0 Å². The molecule has 0 unspecified atom stereocenters. The number of nitrogens with zero attached hydrogens (tertiary/aromatic N) is 4. The van der Waals surface area contributed by atoms with E-state index in [9.17, 15) is 4.79 Å². The fourth-order valence-corrected chi connectivity index (χ4v) is 5.18. The first-order valence-corrected chi connectivity index (χ1v) is 11.6. The third kappa shape index (κ3) is 4.25. The summed E-state index contributed by atoms with van der Waals surface area (Å²) in [7, 11) is 1.81. The maximum atomic E-state index is 12.1. The molecule has 1 amide bonds. The smallest absolute Gasteiger partial charge is 0.236 e. The Bertz CT molecular complexity index is 1120. The molecule has 32 heavy (non-hydrogen) atoms. The zero-order valence-corrected chi connectivity index (χ0v) is 19.0. The molecule has 2 aliphatic heterocycles. The zero-order chi connectivity index (χ0) is 22.1. The first-order chi connectivity index (χ1) is 15.5. The van der Waals surface area contributed by atoms with Crippen LogP contribution in [0, 0.1) is 5.92 Å². The first kappa shape index (κ1) is 21.4. The number of imidazole rings is 1. The number of carbonyl (C=O) groups is 1. The second kappa shape index (κ2) is 8.81. The van der Waals surface area contributed by atoms with Crippen molar-refractivity contribution in [2.45, 2.75) is 31.3 Å². The summed E-state index contributed by atoms with van der Waals surface area (Å²) >= 11 is 6.18. The lowest BCUT2D eigenvalue weighted by atomic mass is 9.84. The van der Waals surface area contributed by atoms with Gasteiger partial charge in [-0.15, -0.1) is 0 Å². The van der Waals surface area contributed by atoms with Crippen molar-refractivity contribution in [3.8, 4) is 11.4 Å². The van der Waals surface area contributed by atoms with E-state index in [1.807, 2.05) is 46.9 Å². The Hall–Kier alpha value is -2.48. The van der Waals surface area contributed by atoms with Crippen molar-refractivity contribution >= 4 is 23.2 Å². The van der Waals surface area contributed by atoms with Crippen LogP contribution >= 0.6 is 11.6 Å². The molecule has 2 aliphatic rings. The number of fused-ring (bicyclic) bond motifs is 1. The Morgan fingerprint density at radius 2 is 2.12 bits per heavy atom. The minimum atomic E-state index is -0.0862. The van der Waals surface area contributed by atoms with Gasteiger partial charge < -0.3 is 15.0 Å². The number of carbonyl (C=O) groups excluding carboxylic acids is 1. The summed E-state index contributed by atoms with van der Waals surface area (Å²) < 4.78 is 8.29. The fourth-order valence-electron chi connectivity index (χ4n) is 5.02. The molecule has 1 spiro atoms. The standard InChI is InChI=1S/C24H28ClN5O2/c1-26-14-23(31)29-9-7-24(8-10-29)12-17(16-32-24)11-19-3-2-4-20(28-19)21-13-27-22-6-5-18(25)15-30(21)22/h2-6,13,15,17,26H,7-12,14,16H2,1H3/t17-/m0/s1. The van der Waals surface area contributed by atoms with Crippen LogP contribution in [0.4, 0.5) is 0 Å². The van der Waals surface area contributed by atoms with E-state index in [1.54, 1.807) is 0 Å². The predicted octanol–water partition coefficient (Wildman–Crippen LogP) is 3.21. The highest BCUT2D eigenvalue weighted by Crippen LogP contribution is 2.39. The number of piperidine rings is 1. The molecule has 2 fully saturated rings. The molecule has 168 valence electrons. The SMILES string of the molecule is CNCC(=O)N1CCC2(CC1)C[C@H](Cc1cccc(-c3cnc4ccc(Cl)cn34)n1)CO2. The summed E-state index contributed by atoms with van der Waals surface area (Å²) in [5.74, 6) is 0.612. The summed E-state index contributed by atoms with van der Waals surface area (Å²) in [4.78, 5) is 23.5. The summed E-state index contributed by atoms with van der Waals surface area (Å²) in [6, 6.07) is 9.90. The van der Waals surface area contributed by atoms with Gasteiger partial charge in [0.25, 0.3) is 0 Å². The van der Waals surface area contributed by atoms with Crippen molar-refractivity contribution < 1.29 is 9.53 Å². The minimum Gasteiger partial charge on any atom is -0.375 e. The molecule has 5 rings (SSSR count). The van der Waals surface area contributed by atoms with Crippen LogP contribution in [0.25, 0.3) is 17.0 Å². The van der Waals surface area contributed by atoms with Crippen LogP contribution in [0.15, 0.2) is 42.7 Å². The van der Waals surface area contributed by atoms with Crippen LogP contribution in [0.1, 0.15) is 25.0 Å². The average molecular weight is 454 g/mol. The highest BCUT2D eigenvalue weighted by atomic mass is 35.5. The predicted molar refractivity (Wildman–Crippen MR) is 124 cm³/mol. The van der Waals surface area contributed by atoms with Crippen molar-refractivity contribution in [1.29, 1.82) is 0 Å². The summed E-state index contributed by atoms with van der Waals surface area (Å²) in [6.45, 7) is 2.70. The van der Waals surface area contributed by atoms with Gasteiger partial charge in [-0.3, -0.25) is 14.2 Å². The van der Waals surface area contributed by atoms with Crippen molar-refractivity contribution in [3.63, 3.8) is 0 Å². The van der Waals surface area contributed by atoms with Gasteiger partial charge in [0.15, 0.2) is 0 Å². The van der Waals surface area contributed by atoms with Gasteiger partial charge in [-0.1, -0.05) is 17.7 Å². The van der Waals surface area contributed by atoms with Gasteiger partial charge in [-0.05, 0) is 62.9 Å². The van der Waals surface area contributed by atoms with E-state index >= 15 is 0 Å². The van der Waals surface area contributed by atoms with Crippen LogP contribution in [0.2, 0.25) is 5.02 Å². The monoisotopic (exact) mass is 453 g/mol. The highest BCUT2D eigenvalue weighted by Gasteiger charge is 2.43. The van der Waals surface area contributed by atoms with Gasteiger partial charge in [-0.2, -0.15) is 0 Å². The maximum absolute atomic E-state index is 12.1. The fraction of sp³-hybridized carbons (Fsp3) is 0.458. The van der Waals surface area contributed by atoms with E-state index in [1.165, 1.54) is 0 Å². The Labute approximate surface area is 192 Å². The lowest BCUT2D eigenvalue weighted by Gasteiger charge is -2.38. The lowest BCUT2D eigenvalue weighted by Crippen LogP contribution is -2.48. The third-order valence-electron chi connectivity index (χ3n) is 6.68. The minimum absolute atomic E-state index is 0.0862. The normalized spacial score (nSPS) is 20.3. The Morgan fingerprint density at radius 3 is 2.94 bits per heavy atom. The van der Waals surface area contributed by atoms with Crippen LogP contribution in [0.5, 0.6) is 0 Å². The van der Waals surface area contributed by atoms with Gasteiger partial charge in [0.05, 0.1) is 41.4 Å². The van der Waals surface area contributed by atoms with Gasteiger partial charge >= 0.3 is 0 Å². The molecule has 2 saturated heterocycles. The van der Waals surface area contributed by atoms with Crippen molar-refractivity contribution in [1.82, 2.24) is 24.6 Å². The quantitative estimate of drug-likeness (QED) is 0.642. The maximum Gasteiger partial charge on any atom is 0.236 e. The van der Waals surface area contributed by atoms with E-state index < -0.39 is 0 Å². The molecule has 0 saturated carbocycles. The topological polar surface area (TPSA) is 71.8 Å². The van der Waals surface area contributed by atoms with Crippen molar-refractivity contribution in [2.75, 3.05) is 33.3 Å². The number of likely N-dealkylation sites (N-methyl/N-ethyl adjacent to an activating group) is 1. The number of halogens is 1. The van der Waals surface area contributed by atoms with Crippen LogP contribution in [-0.4, -0.2) is 64.1 Å². The number of likely N-dealkylation sites (tertiary alicyclic amines) is 1. The largest absolute Gasteiger partial charge is 0.375 e. The highest BCUT2D eigenvalue weighted by molar-refractivity contribution is 6.30. The molecule has 0 aliphatic carbocycles. The number of pyridine rings is 2. The number of hydrogen-bond acceptors (Lipinski definition) is 5. The summed E-state index contributed by atoms with van der Waals surface area (Å²) in [5.41, 5.74) is 3.65. The van der Waals surface area contributed by atoms with Crippen LogP contribution < -0.4 is 5.32 Å². The van der Waals surface area contributed by atoms with E-state index in [-0.39, 0.29) is 11.5 Å². The Kier molecular flexibility index (Phi) is 5.88. The van der Waals surface area contributed by atoms with E-state index in [0.29, 0.717) is 17.5 Å². The summed E-state index contributed by atoms with van der Waals surface area (Å²) in [6.07, 6.45) is 7.45. The lowest BCUT2D eigenvalue weighted by molar-refractivity contribution is -0.134. The van der Waals surface area contributed by atoms with Gasteiger partial charge in [0.1, 0.15) is 5.65 Å². The summed E-state index contributed by atoms with van der Waals surface area (Å²) in [5, 5.41) is 3.61. The number of ether oxygens (including phenoxy) is 1. The molecular formula is C24H28ClN5O2. The molecule has 0 radical (unpaired) electrons. The number of amides is 1. The molecular weight excluding hydrogens is 426 g/mol. The van der Waals surface area contributed by atoms with Crippen LogP contribution in [0.3, 0.4) is 0 Å². The molecule has 0 aromatic carbocycles. The van der Waals surface area contributed by atoms with Crippen molar-refractivity contribution in [2.24, 2.45) is 5.92 Å². The molecule has 1 atom stereocenters. The molecule has 7 nitrogen and oxygen atoms in total. The van der Waals surface area contributed by atoms with E-state index in [4.69, 9.17) is 21.3 Å². The Morgan fingerprint density at radius 1 is 1.28 bits per heavy atom. The van der Waals surface area contributed by atoms with Crippen molar-refractivity contribution in [3.05, 3.63) is 53.4 Å². The zero-order valence-electron chi connectivity index (χ0n) is 18.3. The number of rotatable bonds is 5. The second-order valence-corrected chi connectivity index (χ2v) is 9.35. The van der Waals surface area contributed by atoms with Crippen LogP contribution in [-0.2, 0) is 16.0 Å². The number of hydrogen-bond donors (Lipinski definition) is 1. The van der Waals surface area contributed by atoms with E-state index in [2.05, 4.69) is 22.4 Å². The molecule has 0 bridgehead atoms. The Balaban J connectivity index is 1.25. The molecule has 5 heterocycles.